The Morgan fingerprint density at radius 1 is 0.678 bits per heavy atom. The highest BCUT2D eigenvalue weighted by Gasteiger charge is 2.49. The minimum Gasteiger partial charge on any atom is -0.424 e. The van der Waals surface area contributed by atoms with Gasteiger partial charge in [0.05, 0.1) is 26.4 Å². The van der Waals surface area contributed by atoms with Crippen LogP contribution in [0.5, 0.6) is 0 Å². The molecule has 8 nitrogen and oxygen atoms in total. The Bertz CT molecular complexity index is 1130. The Morgan fingerprint density at radius 3 is 1.88 bits per heavy atom. The standard InChI is InChI=1S/C47H93ClO8Si3/c1-34(11-9-17-53-31-44(51)27-49)29-55-57-33-43-21-36-20-37(46(43)22-36)15-14-35(12-8-16-48)19-39-23-41-24-40(39)25-42(41)26-47(58(2,3)4)38(30-56-59(5,6)7)13-10-18-54-32-45(52)28-50/h34-47,49-52H,8-33,57H2,1-7H3. The van der Waals surface area contributed by atoms with Gasteiger partial charge in [0.15, 0.2) is 18.1 Å². The van der Waals surface area contributed by atoms with Crippen molar-refractivity contribution in [2.24, 2.45) is 65.1 Å². The van der Waals surface area contributed by atoms with Crippen LogP contribution in [0.4, 0.5) is 0 Å². The molecule has 0 saturated heterocycles. The molecular formula is C47H93ClO8Si3. The predicted molar refractivity (Wildman–Crippen MR) is 252 cm³/mol. The third-order valence-electron chi connectivity index (χ3n) is 15.5. The quantitative estimate of drug-likeness (QED) is 0.0287. The van der Waals surface area contributed by atoms with Gasteiger partial charge in [0.25, 0.3) is 0 Å². The number of alkyl halides is 1. The van der Waals surface area contributed by atoms with E-state index >= 15 is 0 Å². The summed E-state index contributed by atoms with van der Waals surface area (Å²) in [5, 5.41) is 37.3. The first kappa shape index (κ1) is 52.2. The largest absolute Gasteiger partial charge is 0.424 e. The van der Waals surface area contributed by atoms with Gasteiger partial charge in [-0.05, 0) is 193 Å². The SMILES string of the molecule is CC(CCCOCC(O)CO)CO[SiH2]CC1CC2CC(CCC(CCCCl)CC3CC4CC3CC4CC(C(CCCOCC(O)CO)CO[Si](C)(C)C)[Si](C)(C)C)C1C2. The molecule has 0 aromatic carbocycles. The Kier molecular flexibility index (Phi) is 23.5. The van der Waals surface area contributed by atoms with Gasteiger partial charge in [0.2, 0.25) is 0 Å². The van der Waals surface area contributed by atoms with Crippen molar-refractivity contribution in [3.05, 3.63) is 0 Å². The normalized spacial score (nSPS) is 30.1. The molecule has 0 aliphatic heterocycles. The summed E-state index contributed by atoms with van der Waals surface area (Å²) in [4.78, 5) is 0. The molecule has 0 heterocycles. The Labute approximate surface area is 371 Å². The molecule has 4 fully saturated rings. The number of hydrogen-bond acceptors (Lipinski definition) is 8. The number of fused-ring (bicyclic) bond motifs is 4. The van der Waals surface area contributed by atoms with E-state index in [1.165, 1.54) is 83.1 Å². The molecule has 4 aliphatic carbocycles. The van der Waals surface area contributed by atoms with E-state index in [2.05, 4.69) is 46.2 Å². The smallest absolute Gasteiger partial charge is 0.183 e. The van der Waals surface area contributed by atoms with Crippen LogP contribution in [-0.4, -0.2) is 118 Å². The second-order valence-corrected chi connectivity index (χ2v) is 34.2. The first-order chi connectivity index (χ1) is 28.1. The molecule has 0 aromatic rings. The summed E-state index contributed by atoms with van der Waals surface area (Å²) >= 11 is 6.34. The molecule has 4 rings (SSSR count). The number of halogens is 1. The molecular weight excluding hydrogens is 812 g/mol. The van der Waals surface area contributed by atoms with Gasteiger partial charge in [-0.3, -0.25) is 0 Å². The second-order valence-electron chi connectivity index (χ2n) is 22.5. The number of ether oxygens (including phenoxy) is 2. The lowest BCUT2D eigenvalue weighted by molar-refractivity contribution is 0.00407. The van der Waals surface area contributed by atoms with Crippen molar-refractivity contribution in [3.8, 4) is 0 Å². The topological polar surface area (TPSA) is 118 Å². The lowest BCUT2D eigenvalue weighted by atomic mass is 9.73. The third-order valence-corrected chi connectivity index (χ3v) is 21.2. The van der Waals surface area contributed by atoms with E-state index in [-0.39, 0.29) is 26.4 Å². The molecule has 14 unspecified atom stereocenters. The van der Waals surface area contributed by atoms with Gasteiger partial charge in [-0.2, -0.15) is 0 Å². The van der Waals surface area contributed by atoms with E-state index < -0.39 is 38.4 Å². The Hall–Kier alpha value is 0.621. The average Bonchev–Trinajstić information content (AvgIpc) is 3.98. The molecule has 59 heavy (non-hydrogen) atoms. The third kappa shape index (κ3) is 18.6. The minimum absolute atomic E-state index is 0.212. The van der Waals surface area contributed by atoms with Crippen molar-refractivity contribution in [1.82, 2.24) is 0 Å². The van der Waals surface area contributed by atoms with Gasteiger partial charge in [-0.25, -0.2) is 0 Å². The molecule has 0 radical (unpaired) electrons. The lowest BCUT2D eigenvalue weighted by Crippen LogP contribution is -2.39. The fraction of sp³-hybridized carbons (Fsp3) is 1.00. The van der Waals surface area contributed by atoms with Crippen molar-refractivity contribution in [2.45, 2.75) is 173 Å². The van der Waals surface area contributed by atoms with Crippen LogP contribution in [0.15, 0.2) is 0 Å². The molecule has 12 heteroatoms. The number of rotatable bonds is 34. The van der Waals surface area contributed by atoms with Crippen LogP contribution in [0, 0.1) is 65.1 Å². The van der Waals surface area contributed by atoms with Gasteiger partial charge in [0.1, 0.15) is 12.2 Å². The highest BCUT2D eigenvalue weighted by Crippen LogP contribution is 2.58. The summed E-state index contributed by atoms with van der Waals surface area (Å²) in [5.41, 5.74) is 0.751. The van der Waals surface area contributed by atoms with Crippen molar-refractivity contribution in [3.63, 3.8) is 0 Å². The van der Waals surface area contributed by atoms with Gasteiger partial charge >= 0.3 is 0 Å². The summed E-state index contributed by atoms with van der Waals surface area (Å²) in [7, 11) is -3.58. The monoisotopic (exact) mass is 905 g/mol. The fourth-order valence-corrected chi connectivity index (χ4v) is 17.8. The summed E-state index contributed by atoms with van der Waals surface area (Å²) in [6.07, 6.45) is 19.6. The first-order valence-electron chi connectivity index (χ1n) is 24.6. The van der Waals surface area contributed by atoms with E-state index in [0.29, 0.717) is 25.0 Å². The van der Waals surface area contributed by atoms with E-state index in [4.69, 9.17) is 35.0 Å². The zero-order valence-electron chi connectivity index (χ0n) is 39.0. The molecule has 0 spiro atoms. The van der Waals surface area contributed by atoms with Gasteiger partial charge in [-0.15, -0.1) is 11.6 Å². The van der Waals surface area contributed by atoms with Gasteiger partial charge in [-0.1, -0.05) is 33.0 Å². The van der Waals surface area contributed by atoms with Crippen LogP contribution in [0.1, 0.15) is 110 Å². The molecule has 4 aliphatic rings. The molecule has 0 aromatic heterocycles. The average molecular weight is 906 g/mol. The molecule has 14 atom stereocenters. The van der Waals surface area contributed by atoms with Crippen LogP contribution >= 0.6 is 11.6 Å². The summed E-state index contributed by atoms with van der Waals surface area (Å²) in [6.45, 7) is 20.0. The minimum atomic E-state index is -1.63. The van der Waals surface area contributed by atoms with Crippen LogP contribution in [0.2, 0.25) is 50.9 Å². The first-order valence-corrected chi connectivity index (χ1v) is 33.7. The molecule has 4 saturated carbocycles. The van der Waals surface area contributed by atoms with Gasteiger partial charge < -0.3 is 38.8 Å². The number of aliphatic hydroxyl groups excluding tert-OH is 4. The second kappa shape index (κ2) is 26.5. The van der Waals surface area contributed by atoms with Crippen LogP contribution in [0.3, 0.4) is 0 Å². The fourth-order valence-electron chi connectivity index (χ4n) is 12.5. The zero-order chi connectivity index (χ0) is 43.0. The van der Waals surface area contributed by atoms with Crippen molar-refractivity contribution < 1.29 is 38.8 Å². The van der Waals surface area contributed by atoms with E-state index in [1.807, 2.05) is 0 Å². The van der Waals surface area contributed by atoms with E-state index in [1.54, 1.807) is 0 Å². The van der Waals surface area contributed by atoms with Crippen molar-refractivity contribution in [1.29, 1.82) is 0 Å². The van der Waals surface area contributed by atoms with Gasteiger partial charge in [0, 0.05) is 40.4 Å². The summed E-state index contributed by atoms with van der Waals surface area (Å²) < 4.78 is 24.2. The number of aliphatic hydroxyl groups is 4. The molecule has 0 amide bonds. The lowest BCUT2D eigenvalue weighted by Gasteiger charge is -2.41. The van der Waals surface area contributed by atoms with Crippen molar-refractivity contribution in [2.75, 3.05) is 58.7 Å². The van der Waals surface area contributed by atoms with Crippen molar-refractivity contribution >= 4 is 37.8 Å². The van der Waals surface area contributed by atoms with E-state index in [9.17, 15) is 15.3 Å². The predicted octanol–water partition coefficient (Wildman–Crippen LogP) is 9.14. The summed E-state index contributed by atoms with van der Waals surface area (Å²) in [6, 6.07) is 1.37. The maximum atomic E-state index is 9.73. The molecule has 4 N–H and O–H groups in total. The number of hydrogen-bond donors (Lipinski definition) is 4. The Balaban J connectivity index is 1.21. The maximum Gasteiger partial charge on any atom is 0.183 e. The van der Waals surface area contributed by atoms with Crippen LogP contribution in [0.25, 0.3) is 0 Å². The van der Waals surface area contributed by atoms with E-state index in [0.717, 1.165) is 104 Å². The van der Waals surface area contributed by atoms with Crippen LogP contribution < -0.4 is 0 Å². The van der Waals surface area contributed by atoms with Crippen LogP contribution in [-0.2, 0) is 18.3 Å². The Morgan fingerprint density at radius 2 is 1.31 bits per heavy atom. The maximum absolute atomic E-state index is 9.73. The summed E-state index contributed by atoms with van der Waals surface area (Å²) in [5.74, 6) is 10.2. The zero-order valence-corrected chi connectivity index (χ0v) is 43.1. The molecule has 4 bridgehead atoms. The molecule has 348 valence electrons. The highest BCUT2D eigenvalue weighted by atomic mass is 35.5. The highest BCUT2D eigenvalue weighted by molar-refractivity contribution is 6.77.